The van der Waals surface area contributed by atoms with E-state index in [9.17, 15) is 14.9 Å². The third kappa shape index (κ3) is 7.54. The highest BCUT2D eigenvalue weighted by Crippen LogP contribution is 2.47. The molecule has 0 spiro atoms. The number of nitrogens with zero attached hydrogens (tertiary/aromatic N) is 2. The number of ketones is 1. The molecule has 1 amide bonds. The monoisotopic (exact) mass is 677 g/mol. The molecule has 2 unspecified atom stereocenters. The number of allylic oxidation sites excluding steroid dienone is 4. The van der Waals surface area contributed by atoms with Crippen LogP contribution in [0.3, 0.4) is 0 Å². The molecule has 2 aliphatic heterocycles. The molecule has 0 saturated carbocycles. The van der Waals surface area contributed by atoms with Crippen molar-refractivity contribution in [1.29, 1.82) is 5.26 Å². The number of carbonyl (C=O) groups is 2. The topological polar surface area (TPSA) is 110 Å². The van der Waals surface area contributed by atoms with E-state index < -0.39 is 5.92 Å². The molecule has 5 rings (SSSR count). The van der Waals surface area contributed by atoms with Crippen LogP contribution in [0, 0.1) is 17.2 Å². The minimum Gasteiger partial charge on any atom is -0.490 e. The van der Waals surface area contributed by atoms with Gasteiger partial charge in [-0.2, -0.15) is 5.26 Å². The highest BCUT2D eigenvalue weighted by molar-refractivity contribution is 9.10. The van der Waals surface area contributed by atoms with Crippen LogP contribution in [0.4, 0.5) is 0 Å². The summed E-state index contributed by atoms with van der Waals surface area (Å²) in [6.45, 7) is 8.78. The summed E-state index contributed by atoms with van der Waals surface area (Å²) in [6.07, 6.45) is 3.32. The van der Waals surface area contributed by atoms with Crippen molar-refractivity contribution in [3.8, 4) is 23.3 Å². The quantitative estimate of drug-likeness (QED) is 0.300. The number of benzene rings is 2. The summed E-state index contributed by atoms with van der Waals surface area (Å²) >= 11 is 3.70. The minimum absolute atomic E-state index is 0.0407. The van der Waals surface area contributed by atoms with Gasteiger partial charge in [0.1, 0.15) is 12.4 Å². The van der Waals surface area contributed by atoms with Gasteiger partial charge in [-0.05, 0) is 83.9 Å². The number of dihydropyridines is 1. The van der Waals surface area contributed by atoms with E-state index in [1.54, 1.807) is 4.90 Å². The zero-order chi connectivity index (χ0) is 31.9. The van der Waals surface area contributed by atoms with E-state index >= 15 is 0 Å². The first-order valence-electron chi connectivity index (χ1n) is 15.6. The van der Waals surface area contributed by atoms with Gasteiger partial charge in [0.15, 0.2) is 23.9 Å². The van der Waals surface area contributed by atoms with Gasteiger partial charge >= 0.3 is 0 Å². The molecule has 1 fully saturated rings. The molecule has 3 aliphatic rings. The third-order valence-corrected chi connectivity index (χ3v) is 8.99. The van der Waals surface area contributed by atoms with E-state index in [0.717, 1.165) is 41.8 Å². The van der Waals surface area contributed by atoms with Crippen LogP contribution in [0.15, 0.2) is 63.4 Å². The molecular formula is C35H40BrN3O6. The highest BCUT2D eigenvalue weighted by atomic mass is 79.9. The average Bonchev–Trinajstić information content (AvgIpc) is 3.03. The van der Waals surface area contributed by atoms with E-state index in [4.69, 9.17) is 18.9 Å². The number of rotatable bonds is 11. The lowest BCUT2D eigenvalue weighted by Gasteiger charge is -2.35. The molecule has 0 radical (unpaired) electrons. The summed E-state index contributed by atoms with van der Waals surface area (Å²) in [6, 6.07) is 13.6. The first-order chi connectivity index (χ1) is 21.8. The Morgan fingerprint density at radius 3 is 2.67 bits per heavy atom. The predicted octanol–water partition coefficient (Wildman–Crippen LogP) is 6.18. The largest absolute Gasteiger partial charge is 0.490 e. The summed E-state index contributed by atoms with van der Waals surface area (Å²) in [4.78, 5) is 27.8. The maximum atomic E-state index is 13.5. The van der Waals surface area contributed by atoms with Crippen molar-refractivity contribution in [2.75, 3.05) is 39.5 Å². The average molecular weight is 679 g/mol. The fourth-order valence-corrected chi connectivity index (χ4v) is 6.87. The van der Waals surface area contributed by atoms with Gasteiger partial charge in [-0.1, -0.05) is 25.5 Å². The first kappa shape index (κ1) is 32.6. The van der Waals surface area contributed by atoms with Gasteiger partial charge in [0, 0.05) is 36.5 Å². The van der Waals surface area contributed by atoms with Gasteiger partial charge in [0.25, 0.3) is 5.91 Å². The molecule has 238 valence electrons. The van der Waals surface area contributed by atoms with Crippen molar-refractivity contribution >= 4 is 27.6 Å². The molecule has 1 saturated heterocycles. The van der Waals surface area contributed by atoms with Crippen molar-refractivity contribution in [3.05, 3.63) is 74.5 Å². The lowest BCUT2D eigenvalue weighted by molar-refractivity contribution is -0.137. The smallest absolute Gasteiger partial charge is 0.260 e. The standard InChI is InChI=1S/C35H40BrN3O6/c1-4-7-23-15-29-34(30(40)16-23)33(27(19-37)22(3)38-29)25-17-28(36)35(31(18-25)43-5-2)45-20-24-8-6-9-26(14-24)44-21-32(41)39-10-12-42-13-11-39/h6,8-9,14,17-18,23,33,38H,4-5,7,10-13,15-16,20-21H2,1-3H3. The summed E-state index contributed by atoms with van der Waals surface area (Å²) in [7, 11) is 0. The van der Waals surface area contributed by atoms with Crippen LogP contribution in [0.1, 0.15) is 63.5 Å². The second kappa shape index (κ2) is 15.0. The summed E-state index contributed by atoms with van der Waals surface area (Å²) < 4.78 is 24.1. The van der Waals surface area contributed by atoms with E-state index in [2.05, 4.69) is 34.2 Å². The molecule has 0 bridgehead atoms. The zero-order valence-corrected chi connectivity index (χ0v) is 27.7. The Bertz CT molecular complexity index is 1540. The summed E-state index contributed by atoms with van der Waals surface area (Å²) in [5.74, 6) is 1.47. The minimum atomic E-state index is -0.486. The van der Waals surface area contributed by atoms with E-state index in [1.807, 2.05) is 50.2 Å². The lowest BCUT2D eigenvalue weighted by atomic mass is 9.72. The van der Waals surface area contributed by atoms with Crippen LogP contribution >= 0.6 is 15.9 Å². The SMILES string of the molecule is CCCC1CC(=O)C2=C(C1)NC(C)=C(C#N)C2c1cc(Br)c(OCc2cccc(OCC(=O)N3CCOCC3)c2)c(OCC)c1. The number of halogens is 1. The van der Waals surface area contributed by atoms with Crippen LogP contribution < -0.4 is 19.5 Å². The van der Waals surface area contributed by atoms with Crippen molar-refractivity contribution in [1.82, 2.24) is 10.2 Å². The Balaban J connectivity index is 1.36. The fourth-order valence-electron chi connectivity index (χ4n) is 6.30. The van der Waals surface area contributed by atoms with E-state index in [1.165, 1.54) is 0 Å². The Labute approximate surface area is 273 Å². The van der Waals surface area contributed by atoms with Crippen LogP contribution in [0.5, 0.6) is 17.2 Å². The van der Waals surface area contributed by atoms with Gasteiger partial charge < -0.3 is 29.2 Å². The maximum absolute atomic E-state index is 13.5. The molecule has 2 heterocycles. The molecule has 10 heteroatoms. The van der Waals surface area contributed by atoms with Crippen LogP contribution in [0.25, 0.3) is 0 Å². The number of carbonyl (C=O) groups excluding carboxylic acids is 2. The number of amides is 1. The van der Waals surface area contributed by atoms with Crippen LogP contribution in [-0.4, -0.2) is 56.1 Å². The molecule has 9 nitrogen and oxygen atoms in total. The Kier molecular flexibility index (Phi) is 10.8. The maximum Gasteiger partial charge on any atom is 0.260 e. The summed E-state index contributed by atoms with van der Waals surface area (Å²) in [5, 5.41) is 13.6. The van der Waals surface area contributed by atoms with Crippen molar-refractivity contribution in [3.63, 3.8) is 0 Å². The Hall–Kier alpha value is -3.81. The van der Waals surface area contributed by atoms with Gasteiger partial charge in [-0.15, -0.1) is 0 Å². The van der Waals surface area contributed by atoms with Crippen molar-refractivity contribution in [2.24, 2.45) is 5.92 Å². The summed E-state index contributed by atoms with van der Waals surface area (Å²) in [5.41, 5.74) is 4.56. The van der Waals surface area contributed by atoms with Crippen LogP contribution in [0.2, 0.25) is 0 Å². The molecule has 2 aromatic rings. The number of ether oxygens (including phenoxy) is 4. The number of nitrogens with one attached hydrogen (secondary N) is 1. The normalized spacial score (nSPS) is 19.9. The molecule has 2 aromatic carbocycles. The molecular weight excluding hydrogens is 638 g/mol. The fraction of sp³-hybridized carbons (Fsp3) is 0.457. The number of nitriles is 1. The van der Waals surface area contributed by atoms with E-state index in [-0.39, 0.29) is 24.9 Å². The molecule has 0 aromatic heterocycles. The highest BCUT2D eigenvalue weighted by Gasteiger charge is 2.39. The Morgan fingerprint density at radius 1 is 1.13 bits per heavy atom. The van der Waals surface area contributed by atoms with Gasteiger partial charge in [0.05, 0.1) is 41.9 Å². The van der Waals surface area contributed by atoms with Crippen molar-refractivity contribution < 1.29 is 28.5 Å². The molecule has 2 atom stereocenters. The van der Waals surface area contributed by atoms with E-state index in [0.29, 0.717) is 78.1 Å². The number of Topliss-reactive ketones (excluding diaryl/α,β-unsaturated/α-hetero) is 1. The number of morpholine rings is 1. The molecule has 1 N–H and O–H groups in total. The zero-order valence-electron chi connectivity index (χ0n) is 26.1. The van der Waals surface area contributed by atoms with Crippen LogP contribution in [-0.2, 0) is 20.9 Å². The van der Waals surface area contributed by atoms with Gasteiger partial charge in [0.2, 0.25) is 0 Å². The first-order valence-corrected chi connectivity index (χ1v) is 16.4. The molecule has 45 heavy (non-hydrogen) atoms. The number of hydrogen-bond acceptors (Lipinski definition) is 8. The predicted molar refractivity (Wildman–Crippen MR) is 173 cm³/mol. The Morgan fingerprint density at radius 2 is 1.93 bits per heavy atom. The van der Waals surface area contributed by atoms with Crippen molar-refractivity contribution in [2.45, 2.75) is 59.0 Å². The number of hydrogen-bond donors (Lipinski definition) is 1. The lowest BCUT2D eigenvalue weighted by Crippen LogP contribution is -2.42. The second-order valence-electron chi connectivity index (χ2n) is 11.6. The van der Waals surface area contributed by atoms with Gasteiger partial charge in [-0.3, -0.25) is 9.59 Å². The second-order valence-corrected chi connectivity index (χ2v) is 12.4. The third-order valence-electron chi connectivity index (χ3n) is 8.40. The van der Waals surface area contributed by atoms with Gasteiger partial charge in [-0.25, -0.2) is 0 Å². The molecule has 1 aliphatic carbocycles.